The number of fused-ring (bicyclic) bond motifs is 4. The van der Waals surface area contributed by atoms with Gasteiger partial charge in [0.1, 0.15) is 12.1 Å². The molecule has 5 rings (SSSR count). The molecular weight excluding hydrogens is 925 g/mol. The number of nitrogens with zero attached hydrogens (tertiary/aromatic N) is 2. The third-order valence-corrected chi connectivity index (χ3v) is 20.2. The first-order valence-electron chi connectivity index (χ1n) is 21.8. The van der Waals surface area contributed by atoms with Gasteiger partial charge in [-0.15, -0.1) is 40.5 Å². The van der Waals surface area contributed by atoms with Gasteiger partial charge in [-0.1, -0.05) is 168 Å². The van der Waals surface area contributed by atoms with Crippen molar-refractivity contribution in [3.63, 3.8) is 0 Å². The average Bonchev–Trinajstić information content (AvgIpc) is 3.54. The van der Waals surface area contributed by atoms with Crippen LogP contribution in [0.3, 0.4) is 0 Å². The fourth-order valence-corrected chi connectivity index (χ4v) is 16.8. The molecule has 0 spiro atoms. The molecule has 0 aliphatic carbocycles. The van der Waals surface area contributed by atoms with E-state index in [0.29, 0.717) is 17.8 Å². The molecule has 0 unspecified atom stereocenters. The molecule has 5 aromatic rings. The third kappa shape index (κ3) is 11.2. The monoisotopic (exact) mass is 998 g/mol. The summed E-state index contributed by atoms with van der Waals surface area (Å²) in [6.07, 6.45) is 6.50. The molecule has 0 fully saturated rings. The fourth-order valence-electron chi connectivity index (χ4n) is 8.71. The zero-order chi connectivity index (χ0) is 42.5. The van der Waals surface area contributed by atoms with Crippen LogP contribution in [0.5, 0.6) is 0 Å². The minimum Gasteiger partial charge on any atom is -0.512 e. The van der Waals surface area contributed by atoms with E-state index in [1.165, 1.54) is 49.9 Å². The predicted octanol–water partition coefficient (Wildman–Crippen LogP) is 15.0. The summed E-state index contributed by atoms with van der Waals surface area (Å²) >= 11 is 1.87. The number of aliphatic hydroxyl groups is 1. The van der Waals surface area contributed by atoms with E-state index >= 15 is 0 Å². The van der Waals surface area contributed by atoms with Crippen LogP contribution in [0.2, 0.25) is 18.1 Å². The van der Waals surface area contributed by atoms with Crippen molar-refractivity contribution < 1.29 is 30.0 Å². The van der Waals surface area contributed by atoms with Crippen molar-refractivity contribution in [1.29, 1.82) is 0 Å². The maximum absolute atomic E-state index is 12.2. The van der Waals surface area contributed by atoms with Crippen LogP contribution in [-0.4, -0.2) is 28.9 Å². The smallest absolute Gasteiger partial charge is 0.164 e. The molecule has 0 aliphatic rings. The molecular formula is C51H73IrN2O2SSi-. The van der Waals surface area contributed by atoms with Gasteiger partial charge in [-0.3, -0.25) is 9.78 Å². The van der Waals surface area contributed by atoms with Crippen LogP contribution in [0.1, 0.15) is 135 Å². The van der Waals surface area contributed by atoms with E-state index in [-0.39, 0.29) is 47.9 Å². The van der Waals surface area contributed by atoms with Gasteiger partial charge in [0.05, 0.1) is 13.6 Å². The number of rotatable bonds is 15. The summed E-state index contributed by atoms with van der Waals surface area (Å²) < 4.78 is 2.52. The summed E-state index contributed by atoms with van der Waals surface area (Å²) in [4.78, 5) is 21.9. The molecule has 3 aromatic carbocycles. The average molecular weight is 999 g/mol. The van der Waals surface area contributed by atoms with Gasteiger partial charge >= 0.3 is 0 Å². The zero-order valence-electron chi connectivity index (χ0n) is 38.4. The van der Waals surface area contributed by atoms with Crippen molar-refractivity contribution in [3.8, 4) is 11.3 Å². The molecule has 0 aliphatic heterocycles. The second kappa shape index (κ2) is 20.2. The summed E-state index contributed by atoms with van der Waals surface area (Å²) in [5, 5.41) is 15.4. The molecule has 0 bridgehead atoms. The Morgan fingerprint density at radius 3 is 1.84 bits per heavy atom. The Bertz CT molecular complexity index is 2140. The van der Waals surface area contributed by atoms with Crippen molar-refractivity contribution in [2.24, 2.45) is 28.6 Å². The second-order valence-corrected chi connectivity index (χ2v) is 25.0. The Morgan fingerprint density at radius 1 is 0.776 bits per heavy atom. The van der Waals surface area contributed by atoms with Gasteiger partial charge in [-0.25, -0.2) is 4.98 Å². The van der Waals surface area contributed by atoms with Crippen LogP contribution in [0.25, 0.3) is 42.3 Å². The van der Waals surface area contributed by atoms with Gasteiger partial charge in [0.2, 0.25) is 0 Å². The van der Waals surface area contributed by atoms with Crippen LogP contribution in [0.15, 0.2) is 66.7 Å². The molecule has 0 atom stereocenters. The summed E-state index contributed by atoms with van der Waals surface area (Å²) in [5.74, 6) is 2.41. The quantitative estimate of drug-likeness (QED) is 0.0491. The van der Waals surface area contributed by atoms with E-state index in [1.807, 2.05) is 52.9 Å². The van der Waals surface area contributed by atoms with Crippen molar-refractivity contribution in [2.45, 2.75) is 153 Å². The van der Waals surface area contributed by atoms with E-state index in [1.54, 1.807) is 11.5 Å². The number of aromatic nitrogens is 2. The van der Waals surface area contributed by atoms with Crippen LogP contribution < -0.4 is 5.19 Å². The maximum Gasteiger partial charge on any atom is 0.164 e. The Morgan fingerprint density at radius 2 is 1.33 bits per heavy atom. The van der Waals surface area contributed by atoms with Gasteiger partial charge in [0, 0.05) is 57.5 Å². The van der Waals surface area contributed by atoms with Gasteiger partial charge in [-0.2, -0.15) is 0 Å². The first kappa shape index (κ1) is 49.7. The van der Waals surface area contributed by atoms with Crippen LogP contribution in [0.4, 0.5) is 0 Å². The van der Waals surface area contributed by atoms with E-state index in [9.17, 15) is 9.90 Å². The fraction of sp³-hybridized carbons (Fsp3) is 0.549. The number of hydrogen-bond donors (Lipinski definition) is 1. The van der Waals surface area contributed by atoms with Gasteiger partial charge in [0.25, 0.3) is 0 Å². The van der Waals surface area contributed by atoms with Crippen molar-refractivity contribution in [3.05, 3.63) is 78.3 Å². The standard InChI is InChI=1S/C36H45N2SSi.C15H28O2.Ir/c1-23(2)19-40(20-24(3)4,21-25(5)6)28-14-15-30-32(18-28)39-35-33(37-22-38-34(30)35)27-16-26-12-10-11-13-29(26)31(17-27)36(7,8)9;1-7-14(5,8-2)12(16)11-13(17)15(6,9-3)10-4;/h10-15,17-18,22-25H,19-21H2,1-9H3;11,16H,7-10H2,1-6H3;/q-1;;/b;12-11-;. The molecule has 0 amide bonds. The van der Waals surface area contributed by atoms with Gasteiger partial charge in [0.15, 0.2) is 5.78 Å². The largest absolute Gasteiger partial charge is 0.512 e. The number of hydrogen-bond acceptors (Lipinski definition) is 5. The topological polar surface area (TPSA) is 63.1 Å². The first-order valence-corrected chi connectivity index (χ1v) is 25.2. The molecule has 2 aromatic heterocycles. The Balaban J connectivity index is 0.000000425. The van der Waals surface area contributed by atoms with Crippen molar-refractivity contribution in [1.82, 2.24) is 9.97 Å². The molecule has 1 N–H and O–H groups in total. The van der Waals surface area contributed by atoms with E-state index < -0.39 is 8.07 Å². The molecule has 0 saturated carbocycles. The van der Waals surface area contributed by atoms with Crippen LogP contribution in [-0.2, 0) is 30.3 Å². The second-order valence-electron chi connectivity index (χ2n) is 19.6. The predicted molar refractivity (Wildman–Crippen MR) is 253 cm³/mol. The first-order chi connectivity index (χ1) is 26.7. The van der Waals surface area contributed by atoms with Crippen LogP contribution in [0, 0.1) is 34.7 Å². The molecule has 58 heavy (non-hydrogen) atoms. The molecule has 0 saturated heterocycles. The van der Waals surface area contributed by atoms with Crippen LogP contribution >= 0.6 is 11.3 Å². The zero-order valence-corrected chi connectivity index (χ0v) is 42.7. The SMILES string of the molecule is CC(C)C[Si](CC(C)C)(CC(C)C)c1ccc2c(c1)sc1c(-c3[c-]c4ccccc4c(C(C)(C)C)c3)ncnc12.CCC(C)(CC)C(=O)/C=C(\O)C(C)(CC)CC.[Ir]. The molecule has 1 radical (unpaired) electrons. The number of ketones is 1. The minimum absolute atomic E-state index is 0. The Hall–Kier alpha value is -2.70. The number of benzene rings is 3. The van der Waals surface area contributed by atoms with Gasteiger partial charge in [-0.05, 0) is 54.9 Å². The number of thiophene rings is 1. The summed E-state index contributed by atoms with van der Waals surface area (Å²) in [6.45, 7) is 33.4. The van der Waals surface area contributed by atoms with Crippen molar-refractivity contribution >= 4 is 61.5 Å². The normalized spacial score (nSPS) is 13.1. The van der Waals surface area contributed by atoms with E-state index in [2.05, 4.69) is 117 Å². The van der Waals surface area contributed by atoms with Gasteiger partial charge < -0.3 is 5.11 Å². The van der Waals surface area contributed by atoms with Crippen molar-refractivity contribution in [2.75, 3.05) is 0 Å². The molecule has 7 heteroatoms. The molecule has 4 nitrogen and oxygen atoms in total. The minimum atomic E-state index is -1.70. The number of allylic oxidation sites excluding steroid dienone is 2. The maximum atomic E-state index is 12.2. The third-order valence-electron chi connectivity index (χ3n) is 12.7. The van der Waals surface area contributed by atoms with E-state index in [4.69, 9.17) is 9.97 Å². The summed E-state index contributed by atoms with van der Waals surface area (Å²) in [5.41, 5.74) is 3.87. The Labute approximate surface area is 370 Å². The molecule has 2 heterocycles. The summed E-state index contributed by atoms with van der Waals surface area (Å²) in [6, 6.07) is 26.1. The summed E-state index contributed by atoms with van der Waals surface area (Å²) in [7, 11) is -1.70. The Kier molecular flexibility index (Phi) is 17.3. The molecule has 319 valence electrons. The number of carbonyl (C=O) groups is 1. The van der Waals surface area contributed by atoms with E-state index in [0.717, 1.165) is 47.8 Å². The number of aliphatic hydroxyl groups excluding tert-OH is 1. The number of carbonyl (C=O) groups excluding carboxylic acids is 1.